The number of carbonyl (C=O) groups excluding carboxylic acids is 1. The van der Waals surface area contributed by atoms with Crippen LogP contribution in [-0.4, -0.2) is 43.2 Å². The number of carbonyl (C=O) groups is 1. The van der Waals surface area contributed by atoms with E-state index in [0.29, 0.717) is 12.5 Å². The van der Waals surface area contributed by atoms with Crippen molar-refractivity contribution in [1.82, 2.24) is 4.90 Å². The summed E-state index contributed by atoms with van der Waals surface area (Å²) in [5, 5.41) is 0. The Morgan fingerprint density at radius 1 is 1.50 bits per heavy atom. The van der Waals surface area contributed by atoms with E-state index in [0.717, 1.165) is 13.0 Å². The number of hydrogen-bond donors (Lipinski definition) is 1. The highest BCUT2D eigenvalue weighted by atomic mass is 16.5. The molecule has 1 heterocycles. The van der Waals surface area contributed by atoms with Crippen molar-refractivity contribution < 1.29 is 9.53 Å². The Labute approximate surface area is 98.1 Å². The van der Waals surface area contributed by atoms with E-state index < -0.39 is 0 Å². The van der Waals surface area contributed by atoms with E-state index in [1.165, 1.54) is 0 Å². The van der Waals surface area contributed by atoms with Crippen LogP contribution < -0.4 is 5.73 Å². The summed E-state index contributed by atoms with van der Waals surface area (Å²) in [5.74, 6) is 0.765. The van der Waals surface area contributed by atoms with Crippen LogP contribution in [0.4, 0.5) is 0 Å². The molecule has 16 heavy (non-hydrogen) atoms. The molecule has 4 heteroatoms. The van der Waals surface area contributed by atoms with Crippen LogP contribution in [0.2, 0.25) is 0 Å². The van der Waals surface area contributed by atoms with E-state index in [1.807, 2.05) is 18.7 Å². The lowest BCUT2D eigenvalue weighted by Gasteiger charge is -2.37. The first-order valence-electron chi connectivity index (χ1n) is 6.04. The number of ether oxygens (including phenoxy) is 1. The Hall–Kier alpha value is -0.610. The van der Waals surface area contributed by atoms with E-state index in [-0.39, 0.29) is 24.0 Å². The molecule has 1 rings (SSSR count). The SMILES string of the molecule is COC1CN(C(=O)[C@@H](N)C(C)C)CCC1C. The summed E-state index contributed by atoms with van der Waals surface area (Å²) in [6.07, 6.45) is 1.15. The average molecular weight is 228 g/mol. The summed E-state index contributed by atoms with van der Waals surface area (Å²) >= 11 is 0. The van der Waals surface area contributed by atoms with Crippen LogP contribution in [0, 0.1) is 11.8 Å². The Morgan fingerprint density at radius 2 is 2.12 bits per heavy atom. The number of likely N-dealkylation sites (tertiary alicyclic amines) is 1. The van der Waals surface area contributed by atoms with Gasteiger partial charge in [0.15, 0.2) is 0 Å². The molecule has 0 aromatic rings. The summed E-state index contributed by atoms with van der Waals surface area (Å²) in [7, 11) is 1.71. The maximum atomic E-state index is 12.1. The second-order valence-electron chi connectivity index (χ2n) is 5.09. The fourth-order valence-electron chi connectivity index (χ4n) is 2.04. The monoisotopic (exact) mass is 228 g/mol. The molecule has 2 unspecified atom stereocenters. The average Bonchev–Trinajstić information content (AvgIpc) is 2.27. The largest absolute Gasteiger partial charge is 0.379 e. The quantitative estimate of drug-likeness (QED) is 0.779. The molecule has 0 aliphatic carbocycles. The van der Waals surface area contributed by atoms with Gasteiger partial charge < -0.3 is 15.4 Å². The molecule has 2 N–H and O–H groups in total. The minimum absolute atomic E-state index is 0.0592. The van der Waals surface area contributed by atoms with E-state index in [4.69, 9.17) is 10.5 Å². The van der Waals surface area contributed by atoms with Crippen molar-refractivity contribution in [2.45, 2.75) is 39.3 Å². The lowest BCUT2D eigenvalue weighted by Crippen LogP contribution is -2.53. The third kappa shape index (κ3) is 2.95. The van der Waals surface area contributed by atoms with Crippen molar-refractivity contribution in [3.05, 3.63) is 0 Å². The molecule has 94 valence electrons. The van der Waals surface area contributed by atoms with E-state index in [9.17, 15) is 4.79 Å². The zero-order valence-corrected chi connectivity index (χ0v) is 10.8. The third-order valence-electron chi connectivity index (χ3n) is 3.51. The molecule has 1 aliphatic rings. The molecular weight excluding hydrogens is 204 g/mol. The molecule has 1 saturated heterocycles. The Morgan fingerprint density at radius 3 is 2.62 bits per heavy atom. The van der Waals surface area contributed by atoms with Gasteiger partial charge in [-0.05, 0) is 18.3 Å². The van der Waals surface area contributed by atoms with Gasteiger partial charge >= 0.3 is 0 Å². The first-order valence-corrected chi connectivity index (χ1v) is 6.04. The molecule has 1 fully saturated rings. The van der Waals surface area contributed by atoms with Crippen LogP contribution in [0.3, 0.4) is 0 Å². The lowest BCUT2D eigenvalue weighted by atomic mass is 9.94. The van der Waals surface area contributed by atoms with Crippen molar-refractivity contribution in [3.63, 3.8) is 0 Å². The van der Waals surface area contributed by atoms with Crippen LogP contribution in [0.25, 0.3) is 0 Å². The van der Waals surface area contributed by atoms with Gasteiger partial charge in [0.25, 0.3) is 0 Å². The summed E-state index contributed by atoms with van der Waals surface area (Å²) in [6, 6.07) is -0.383. The van der Waals surface area contributed by atoms with Crippen molar-refractivity contribution in [1.29, 1.82) is 0 Å². The fourth-order valence-corrected chi connectivity index (χ4v) is 2.04. The number of piperidine rings is 1. The zero-order valence-electron chi connectivity index (χ0n) is 10.8. The van der Waals surface area contributed by atoms with Gasteiger partial charge in [0.1, 0.15) is 0 Å². The van der Waals surface area contributed by atoms with Crippen LogP contribution in [-0.2, 0) is 9.53 Å². The van der Waals surface area contributed by atoms with E-state index in [2.05, 4.69) is 6.92 Å². The number of amides is 1. The highest BCUT2D eigenvalue weighted by Gasteiger charge is 2.31. The van der Waals surface area contributed by atoms with Crippen LogP contribution >= 0.6 is 0 Å². The number of nitrogens with zero attached hydrogens (tertiary/aromatic N) is 1. The standard InChI is InChI=1S/C12H24N2O2/c1-8(2)11(13)12(15)14-6-5-9(3)10(7-14)16-4/h8-11H,5-7,13H2,1-4H3/t9?,10?,11-/m0/s1. The molecule has 1 aliphatic heterocycles. The molecular formula is C12H24N2O2. The number of methoxy groups -OCH3 is 1. The van der Waals surface area contributed by atoms with Crippen molar-refractivity contribution in [2.24, 2.45) is 17.6 Å². The van der Waals surface area contributed by atoms with Gasteiger partial charge in [-0.25, -0.2) is 0 Å². The highest BCUT2D eigenvalue weighted by molar-refractivity contribution is 5.82. The van der Waals surface area contributed by atoms with Gasteiger partial charge in [-0.15, -0.1) is 0 Å². The molecule has 0 aromatic heterocycles. The van der Waals surface area contributed by atoms with Crippen molar-refractivity contribution in [2.75, 3.05) is 20.2 Å². The van der Waals surface area contributed by atoms with Gasteiger partial charge in [0.05, 0.1) is 12.1 Å². The normalized spacial score (nSPS) is 28.2. The molecule has 4 nitrogen and oxygen atoms in total. The minimum Gasteiger partial charge on any atom is -0.379 e. The molecule has 0 bridgehead atoms. The molecule has 0 spiro atoms. The third-order valence-corrected chi connectivity index (χ3v) is 3.51. The molecule has 3 atom stereocenters. The fraction of sp³-hybridized carbons (Fsp3) is 0.917. The van der Waals surface area contributed by atoms with E-state index in [1.54, 1.807) is 7.11 Å². The van der Waals surface area contributed by atoms with E-state index >= 15 is 0 Å². The minimum atomic E-state index is -0.383. The van der Waals surface area contributed by atoms with Crippen LogP contribution in [0.15, 0.2) is 0 Å². The van der Waals surface area contributed by atoms with Gasteiger partial charge in [-0.2, -0.15) is 0 Å². The summed E-state index contributed by atoms with van der Waals surface area (Å²) < 4.78 is 5.39. The van der Waals surface area contributed by atoms with Gasteiger partial charge in [0.2, 0.25) is 5.91 Å². The second kappa shape index (κ2) is 5.64. The molecule has 0 aromatic carbocycles. The van der Waals surface area contributed by atoms with Gasteiger partial charge in [-0.3, -0.25) is 4.79 Å². The predicted molar refractivity (Wildman–Crippen MR) is 64.0 cm³/mol. The van der Waals surface area contributed by atoms with Gasteiger partial charge in [0, 0.05) is 20.2 Å². The zero-order chi connectivity index (χ0) is 12.3. The summed E-state index contributed by atoms with van der Waals surface area (Å²) in [5.41, 5.74) is 5.88. The topological polar surface area (TPSA) is 55.6 Å². The lowest BCUT2D eigenvalue weighted by molar-refractivity contribution is -0.138. The first-order chi connectivity index (χ1) is 7.47. The van der Waals surface area contributed by atoms with Crippen molar-refractivity contribution >= 4 is 5.91 Å². The molecule has 0 radical (unpaired) electrons. The van der Waals surface area contributed by atoms with Crippen LogP contribution in [0.5, 0.6) is 0 Å². The van der Waals surface area contributed by atoms with Crippen LogP contribution in [0.1, 0.15) is 27.2 Å². The maximum absolute atomic E-state index is 12.1. The van der Waals surface area contributed by atoms with Crippen molar-refractivity contribution in [3.8, 4) is 0 Å². The Kier molecular flexibility index (Phi) is 4.74. The first kappa shape index (κ1) is 13.5. The summed E-state index contributed by atoms with van der Waals surface area (Å²) in [6.45, 7) is 7.60. The Bertz CT molecular complexity index is 243. The number of nitrogens with two attached hydrogens (primary N) is 1. The second-order valence-corrected chi connectivity index (χ2v) is 5.09. The summed E-state index contributed by atoms with van der Waals surface area (Å²) in [4.78, 5) is 13.9. The Balaban J connectivity index is 2.58. The van der Waals surface area contributed by atoms with Gasteiger partial charge in [-0.1, -0.05) is 20.8 Å². The molecule has 1 amide bonds. The molecule has 0 saturated carbocycles. The number of hydrogen-bond acceptors (Lipinski definition) is 3. The maximum Gasteiger partial charge on any atom is 0.239 e. The highest BCUT2D eigenvalue weighted by Crippen LogP contribution is 2.20. The smallest absolute Gasteiger partial charge is 0.239 e. The predicted octanol–water partition coefficient (Wildman–Crippen LogP) is 0.853. The number of rotatable bonds is 3.